The van der Waals surface area contributed by atoms with Crippen LogP contribution in [-0.2, 0) is 0 Å². The summed E-state index contributed by atoms with van der Waals surface area (Å²) in [7, 11) is 0. The van der Waals surface area contributed by atoms with Crippen molar-refractivity contribution in [2.24, 2.45) is 0 Å². The Morgan fingerprint density at radius 1 is 1.11 bits per heavy atom. The van der Waals surface area contributed by atoms with Gasteiger partial charge in [-0.1, -0.05) is 12.1 Å². The van der Waals surface area contributed by atoms with Crippen LogP contribution in [0.25, 0.3) is 32.8 Å². The van der Waals surface area contributed by atoms with Crippen molar-refractivity contribution in [1.29, 1.82) is 0 Å². The van der Waals surface area contributed by atoms with E-state index in [2.05, 4.69) is 35.9 Å². The molecule has 0 atom stereocenters. The predicted octanol–water partition coefficient (Wildman–Crippen LogP) is 2.74. The van der Waals surface area contributed by atoms with Gasteiger partial charge < -0.3 is 0 Å². The zero-order valence-corrected chi connectivity index (χ0v) is 10.5. The highest BCUT2D eigenvalue weighted by molar-refractivity contribution is 7.16. The SMILES string of the molecule is c1ccc2c(c1)c1nc3ncsc3n1c1nccn21. The molecule has 90 valence electrons. The molecule has 0 unspecified atom stereocenters. The molecule has 0 saturated carbocycles. The first-order valence-electron chi connectivity index (χ1n) is 5.89. The summed E-state index contributed by atoms with van der Waals surface area (Å²) < 4.78 is 4.17. The highest BCUT2D eigenvalue weighted by Crippen LogP contribution is 2.27. The molecule has 0 aliphatic carbocycles. The lowest BCUT2D eigenvalue weighted by molar-refractivity contribution is 1.13. The average molecular weight is 265 g/mol. The normalized spacial score (nSPS) is 12.2. The fourth-order valence-corrected chi connectivity index (χ4v) is 3.33. The Hall–Kier alpha value is -2.47. The van der Waals surface area contributed by atoms with E-state index in [4.69, 9.17) is 0 Å². The van der Waals surface area contributed by atoms with E-state index < -0.39 is 0 Å². The first-order chi connectivity index (χ1) is 9.43. The van der Waals surface area contributed by atoms with E-state index in [0.29, 0.717) is 0 Å². The lowest BCUT2D eigenvalue weighted by atomic mass is 10.2. The molecule has 4 heterocycles. The van der Waals surface area contributed by atoms with Crippen LogP contribution in [0.2, 0.25) is 0 Å². The summed E-state index contributed by atoms with van der Waals surface area (Å²) in [5, 5.41) is 1.11. The van der Waals surface area contributed by atoms with Gasteiger partial charge in [-0.05, 0) is 12.1 Å². The van der Waals surface area contributed by atoms with Gasteiger partial charge in [0.05, 0.1) is 11.0 Å². The van der Waals surface area contributed by atoms with Crippen LogP contribution < -0.4 is 0 Å². The van der Waals surface area contributed by atoms with E-state index in [1.807, 2.05) is 30.0 Å². The van der Waals surface area contributed by atoms with Crippen molar-refractivity contribution < 1.29 is 0 Å². The largest absolute Gasteiger partial charge is 0.285 e. The highest BCUT2D eigenvalue weighted by Gasteiger charge is 2.15. The molecule has 0 saturated heterocycles. The number of benzene rings is 1. The Labute approximate surface area is 110 Å². The van der Waals surface area contributed by atoms with Gasteiger partial charge in [0.2, 0.25) is 5.78 Å². The summed E-state index contributed by atoms with van der Waals surface area (Å²) in [5.41, 5.74) is 4.63. The summed E-state index contributed by atoms with van der Waals surface area (Å²) in [6.45, 7) is 0. The van der Waals surface area contributed by atoms with Crippen LogP contribution in [0, 0.1) is 0 Å². The third kappa shape index (κ3) is 1.03. The van der Waals surface area contributed by atoms with Crippen molar-refractivity contribution in [2.45, 2.75) is 0 Å². The third-order valence-corrected chi connectivity index (χ3v) is 4.18. The molecule has 0 amide bonds. The standard InChI is InChI=1S/C13H7N5S/c1-2-4-9-8(3-1)11-16-10-12(19-7-15-10)18(11)13-14-5-6-17(9)13/h1-7H. The molecule has 5 nitrogen and oxygen atoms in total. The maximum atomic E-state index is 4.64. The maximum Gasteiger partial charge on any atom is 0.221 e. The van der Waals surface area contributed by atoms with Gasteiger partial charge in [0.15, 0.2) is 16.1 Å². The van der Waals surface area contributed by atoms with Gasteiger partial charge in [-0.25, -0.2) is 15.0 Å². The molecule has 0 radical (unpaired) electrons. The van der Waals surface area contributed by atoms with Crippen LogP contribution in [0.4, 0.5) is 0 Å². The molecule has 0 bridgehead atoms. The molecule has 0 fully saturated rings. The minimum absolute atomic E-state index is 0.784. The van der Waals surface area contributed by atoms with Crippen LogP contribution in [-0.4, -0.2) is 23.8 Å². The predicted molar refractivity (Wildman–Crippen MR) is 74.6 cm³/mol. The van der Waals surface area contributed by atoms with Gasteiger partial charge in [0.1, 0.15) is 0 Å². The quantitative estimate of drug-likeness (QED) is 0.432. The molecule has 0 aliphatic rings. The summed E-state index contributed by atoms with van der Waals surface area (Å²) in [4.78, 5) is 14.4. The molecule has 19 heavy (non-hydrogen) atoms. The monoisotopic (exact) mass is 265 g/mol. The number of hydrogen-bond acceptors (Lipinski definition) is 4. The van der Waals surface area contributed by atoms with Gasteiger partial charge >= 0.3 is 0 Å². The Kier molecular flexibility index (Phi) is 1.54. The van der Waals surface area contributed by atoms with E-state index in [1.54, 1.807) is 11.3 Å². The number of nitrogens with zero attached hydrogens (tertiary/aromatic N) is 5. The molecule has 5 aromatic rings. The van der Waals surface area contributed by atoms with Gasteiger partial charge in [-0.15, -0.1) is 11.3 Å². The number of aromatic nitrogens is 5. The number of hydrogen-bond donors (Lipinski definition) is 0. The Bertz CT molecular complexity index is 1070. The van der Waals surface area contributed by atoms with E-state index in [0.717, 1.165) is 32.8 Å². The molecule has 5 rings (SSSR count). The Morgan fingerprint density at radius 3 is 3.05 bits per heavy atom. The van der Waals surface area contributed by atoms with Crippen LogP contribution in [0.5, 0.6) is 0 Å². The molecular weight excluding hydrogens is 258 g/mol. The molecule has 0 spiro atoms. The van der Waals surface area contributed by atoms with Gasteiger partial charge in [-0.3, -0.25) is 8.80 Å². The van der Waals surface area contributed by atoms with Gasteiger partial charge in [-0.2, -0.15) is 0 Å². The van der Waals surface area contributed by atoms with Crippen LogP contribution in [0.3, 0.4) is 0 Å². The second-order valence-electron chi connectivity index (χ2n) is 4.37. The zero-order chi connectivity index (χ0) is 12.4. The second-order valence-corrected chi connectivity index (χ2v) is 5.20. The molecular formula is C13H7N5S. The topological polar surface area (TPSA) is 47.5 Å². The van der Waals surface area contributed by atoms with Crippen LogP contribution in [0.15, 0.2) is 42.2 Å². The number of thiazole rings is 1. The number of fused-ring (bicyclic) bond motifs is 8. The maximum absolute atomic E-state index is 4.64. The lowest BCUT2D eigenvalue weighted by Gasteiger charge is -2.05. The fraction of sp³-hybridized carbons (Fsp3) is 0. The minimum Gasteiger partial charge on any atom is -0.285 e. The number of rotatable bonds is 0. The van der Waals surface area contributed by atoms with E-state index in [9.17, 15) is 0 Å². The van der Waals surface area contributed by atoms with Gasteiger partial charge in [0, 0.05) is 17.8 Å². The lowest BCUT2D eigenvalue weighted by Crippen LogP contribution is -1.96. The molecule has 4 aromatic heterocycles. The Morgan fingerprint density at radius 2 is 2.05 bits per heavy atom. The van der Waals surface area contributed by atoms with E-state index in [1.165, 1.54) is 0 Å². The fourth-order valence-electron chi connectivity index (χ4n) is 2.60. The summed E-state index contributed by atoms with van der Waals surface area (Å²) in [6, 6.07) is 8.23. The number of para-hydroxylation sites is 1. The first kappa shape index (κ1) is 9.46. The summed E-state index contributed by atoms with van der Waals surface area (Å²) in [6.07, 6.45) is 3.79. The minimum atomic E-state index is 0.784. The molecule has 0 N–H and O–H groups in total. The smallest absolute Gasteiger partial charge is 0.221 e. The molecule has 0 aliphatic heterocycles. The van der Waals surface area contributed by atoms with Crippen molar-refractivity contribution >= 4 is 44.1 Å². The van der Waals surface area contributed by atoms with E-state index in [-0.39, 0.29) is 0 Å². The zero-order valence-electron chi connectivity index (χ0n) is 9.69. The molecule has 1 aromatic carbocycles. The van der Waals surface area contributed by atoms with Crippen molar-refractivity contribution in [3.8, 4) is 0 Å². The van der Waals surface area contributed by atoms with Crippen molar-refractivity contribution in [3.05, 3.63) is 42.2 Å². The molecule has 6 heteroatoms. The van der Waals surface area contributed by atoms with Crippen molar-refractivity contribution in [3.63, 3.8) is 0 Å². The second kappa shape index (κ2) is 3.10. The summed E-state index contributed by atoms with van der Waals surface area (Å²) in [5.74, 6) is 0.875. The average Bonchev–Trinajstić information content (AvgIpc) is 3.13. The van der Waals surface area contributed by atoms with Crippen molar-refractivity contribution in [2.75, 3.05) is 0 Å². The van der Waals surface area contributed by atoms with Crippen LogP contribution >= 0.6 is 11.3 Å². The van der Waals surface area contributed by atoms with E-state index >= 15 is 0 Å². The number of imidazole rings is 2. The van der Waals surface area contributed by atoms with Crippen LogP contribution in [0.1, 0.15) is 0 Å². The third-order valence-electron chi connectivity index (χ3n) is 3.38. The first-order valence-corrected chi connectivity index (χ1v) is 6.77. The Balaban J connectivity index is 2.29. The van der Waals surface area contributed by atoms with Gasteiger partial charge in [0.25, 0.3) is 0 Å². The highest BCUT2D eigenvalue weighted by atomic mass is 32.1. The van der Waals surface area contributed by atoms with Crippen molar-refractivity contribution in [1.82, 2.24) is 23.8 Å². The summed E-state index contributed by atoms with van der Waals surface area (Å²) >= 11 is 1.59.